The number of hydrogen-bond donors (Lipinski definition) is 0. The molecule has 3 aromatic rings. The molecule has 0 aliphatic heterocycles. The smallest absolute Gasteiger partial charge is 0.338 e. The van der Waals surface area contributed by atoms with Crippen molar-refractivity contribution in [3.05, 3.63) is 68.5 Å². The maximum atomic E-state index is 12.6. The van der Waals surface area contributed by atoms with E-state index in [-0.39, 0.29) is 22.8 Å². The van der Waals surface area contributed by atoms with Crippen LogP contribution in [0.1, 0.15) is 32.1 Å². The number of benzene rings is 1. The van der Waals surface area contributed by atoms with Gasteiger partial charge < -0.3 is 9.47 Å². The molecule has 0 fully saturated rings. The molecule has 3 rings (SSSR count). The number of ketones is 1. The summed E-state index contributed by atoms with van der Waals surface area (Å²) in [5.74, 6) is -1.19. The zero-order valence-electron chi connectivity index (χ0n) is 15.9. The largest absolute Gasteiger partial charge is 0.490 e. The lowest BCUT2D eigenvalue weighted by Crippen LogP contribution is -2.15. The minimum absolute atomic E-state index is 0.0252. The van der Waals surface area contributed by atoms with Crippen molar-refractivity contribution < 1.29 is 24.0 Å². The molecule has 0 unspecified atom stereocenters. The fourth-order valence-corrected chi connectivity index (χ4v) is 3.67. The molecule has 150 valence electrons. The van der Waals surface area contributed by atoms with Crippen LogP contribution in [0.4, 0.5) is 5.69 Å². The Bertz CT molecular complexity index is 1090. The third kappa shape index (κ3) is 4.02. The number of nitrogens with zero attached hydrogens (tertiary/aromatic N) is 3. The molecule has 0 saturated heterocycles. The van der Waals surface area contributed by atoms with Gasteiger partial charge in [0.25, 0.3) is 0 Å². The minimum atomic E-state index is -0.835. The summed E-state index contributed by atoms with van der Waals surface area (Å²) in [6.07, 6.45) is 1.68. The van der Waals surface area contributed by atoms with Crippen molar-refractivity contribution in [1.29, 1.82) is 0 Å². The monoisotopic (exact) mass is 415 g/mol. The van der Waals surface area contributed by atoms with Crippen molar-refractivity contribution in [2.75, 3.05) is 13.7 Å². The van der Waals surface area contributed by atoms with Gasteiger partial charge >= 0.3 is 11.7 Å². The highest BCUT2D eigenvalue weighted by Crippen LogP contribution is 2.28. The number of esters is 1. The molecular weight excluding hydrogens is 398 g/mol. The van der Waals surface area contributed by atoms with Crippen molar-refractivity contribution >= 4 is 28.8 Å². The minimum Gasteiger partial charge on any atom is -0.490 e. The maximum Gasteiger partial charge on any atom is 0.338 e. The molecule has 0 aliphatic rings. The predicted molar refractivity (Wildman–Crippen MR) is 105 cm³/mol. The number of thiazole rings is 1. The molecule has 0 radical (unpaired) electrons. The summed E-state index contributed by atoms with van der Waals surface area (Å²) in [6.45, 7) is 3.16. The average molecular weight is 415 g/mol. The first-order valence-corrected chi connectivity index (χ1v) is 9.33. The number of aromatic nitrogens is 2. The quantitative estimate of drug-likeness (QED) is 0.251. The molecule has 1 aromatic carbocycles. The van der Waals surface area contributed by atoms with Crippen LogP contribution >= 0.6 is 11.3 Å². The zero-order valence-corrected chi connectivity index (χ0v) is 16.7. The SMILES string of the molecule is COc1ccc(C(=O)OCC(=O)c2cc(C)n(-c3nccs3)c2C)cc1[N+](=O)[O-]. The Morgan fingerprint density at radius 2 is 2.03 bits per heavy atom. The summed E-state index contributed by atoms with van der Waals surface area (Å²) in [6, 6.07) is 5.41. The number of rotatable bonds is 7. The van der Waals surface area contributed by atoms with Gasteiger partial charge in [0.2, 0.25) is 5.78 Å². The summed E-state index contributed by atoms with van der Waals surface area (Å²) < 4.78 is 11.8. The molecule has 2 heterocycles. The van der Waals surface area contributed by atoms with Gasteiger partial charge in [0, 0.05) is 34.6 Å². The molecule has 0 atom stereocenters. The first-order valence-electron chi connectivity index (χ1n) is 8.45. The number of aryl methyl sites for hydroxylation is 1. The van der Waals surface area contributed by atoms with Gasteiger partial charge in [0.05, 0.1) is 17.6 Å². The van der Waals surface area contributed by atoms with Crippen LogP contribution in [-0.2, 0) is 4.74 Å². The molecule has 0 spiro atoms. The van der Waals surface area contributed by atoms with Gasteiger partial charge in [-0.1, -0.05) is 0 Å². The molecule has 0 saturated carbocycles. The Labute approximate surface area is 169 Å². The lowest BCUT2D eigenvalue weighted by molar-refractivity contribution is -0.385. The van der Waals surface area contributed by atoms with E-state index in [0.717, 1.165) is 16.9 Å². The van der Waals surface area contributed by atoms with Crippen LogP contribution < -0.4 is 4.74 Å². The second-order valence-corrected chi connectivity index (χ2v) is 6.95. The first kappa shape index (κ1) is 20.2. The first-order chi connectivity index (χ1) is 13.8. The molecule has 2 aromatic heterocycles. The van der Waals surface area contributed by atoms with Crippen molar-refractivity contribution in [2.24, 2.45) is 0 Å². The summed E-state index contributed by atoms with van der Waals surface area (Å²) in [4.78, 5) is 39.5. The van der Waals surface area contributed by atoms with Gasteiger partial charge in [-0.2, -0.15) is 0 Å². The van der Waals surface area contributed by atoms with Crippen molar-refractivity contribution in [3.8, 4) is 10.9 Å². The van der Waals surface area contributed by atoms with Crippen molar-refractivity contribution in [3.63, 3.8) is 0 Å². The molecular formula is C19H17N3O6S. The topological polar surface area (TPSA) is 114 Å². The van der Waals surface area contributed by atoms with Gasteiger partial charge in [-0.25, -0.2) is 9.78 Å². The van der Waals surface area contributed by atoms with Crippen LogP contribution in [0.25, 0.3) is 5.13 Å². The molecule has 9 nitrogen and oxygen atoms in total. The standard InChI is InChI=1S/C19H17N3O6S/c1-11-8-14(12(2)21(11)19-20-6-7-29-19)16(23)10-28-18(24)13-4-5-17(27-3)15(9-13)22(25)26/h4-9H,10H2,1-3H3. The highest BCUT2D eigenvalue weighted by atomic mass is 32.1. The van der Waals surface area contributed by atoms with Crippen LogP contribution in [0, 0.1) is 24.0 Å². The number of methoxy groups -OCH3 is 1. The lowest BCUT2D eigenvalue weighted by atomic mass is 10.1. The summed E-state index contributed by atoms with van der Waals surface area (Å²) >= 11 is 1.44. The van der Waals surface area contributed by atoms with Crippen molar-refractivity contribution in [1.82, 2.24) is 9.55 Å². The number of carbonyl (C=O) groups excluding carboxylic acids is 2. The molecule has 0 bridgehead atoms. The number of nitro groups is 1. The van der Waals surface area contributed by atoms with Crippen molar-refractivity contribution in [2.45, 2.75) is 13.8 Å². The molecule has 0 aliphatic carbocycles. The molecule has 10 heteroatoms. The average Bonchev–Trinajstić information content (AvgIpc) is 3.32. The van der Waals surface area contributed by atoms with Gasteiger partial charge in [-0.05, 0) is 32.0 Å². The van der Waals surface area contributed by atoms with Gasteiger partial charge in [0.15, 0.2) is 17.5 Å². The van der Waals surface area contributed by atoms with E-state index in [1.54, 1.807) is 19.2 Å². The van der Waals surface area contributed by atoms with Crippen LogP contribution in [-0.4, -0.2) is 39.9 Å². The highest BCUT2D eigenvalue weighted by Gasteiger charge is 2.22. The van der Waals surface area contributed by atoms with E-state index in [4.69, 9.17) is 9.47 Å². The Balaban J connectivity index is 1.75. The normalized spacial score (nSPS) is 10.6. The van der Waals surface area contributed by atoms with E-state index in [1.807, 2.05) is 16.9 Å². The Morgan fingerprint density at radius 1 is 1.28 bits per heavy atom. The summed E-state index contributed by atoms with van der Waals surface area (Å²) in [5, 5.41) is 13.7. The third-order valence-electron chi connectivity index (χ3n) is 4.29. The summed E-state index contributed by atoms with van der Waals surface area (Å²) in [5.41, 5.74) is 1.54. The van der Waals surface area contributed by atoms with Crippen LogP contribution in [0.3, 0.4) is 0 Å². The van der Waals surface area contributed by atoms with E-state index in [0.29, 0.717) is 11.3 Å². The van der Waals surface area contributed by atoms with E-state index in [1.165, 1.54) is 30.6 Å². The van der Waals surface area contributed by atoms with Crippen LogP contribution in [0.5, 0.6) is 5.75 Å². The number of hydrogen-bond acceptors (Lipinski definition) is 8. The number of Topliss-reactive ketones (excluding diaryl/α,β-unsaturated/α-hetero) is 1. The Morgan fingerprint density at radius 3 is 2.66 bits per heavy atom. The van der Waals surface area contributed by atoms with E-state index in [9.17, 15) is 19.7 Å². The lowest BCUT2D eigenvalue weighted by Gasteiger charge is -2.07. The second-order valence-electron chi connectivity index (χ2n) is 6.08. The van der Waals surface area contributed by atoms with E-state index in [2.05, 4.69) is 4.98 Å². The fourth-order valence-electron chi connectivity index (χ4n) is 2.92. The second kappa shape index (κ2) is 8.23. The van der Waals surface area contributed by atoms with Gasteiger partial charge in [-0.15, -0.1) is 11.3 Å². The fraction of sp³-hybridized carbons (Fsp3) is 0.211. The number of carbonyl (C=O) groups is 2. The van der Waals surface area contributed by atoms with E-state index >= 15 is 0 Å². The van der Waals surface area contributed by atoms with Gasteiger partial charge in [0.1, 0.15) is 0 Å². The number of ether oxygens (including phenoxy) is 2. The van der Waals surface area contributed by atoms with Crippen LogP contribution in [0.2, 0.25) is 0 Å². The maximum absolute atomic E-state index is 12.6. The van der Waals surface area contributed by atoms with Crippen LogP contribution in [0.15, 0.2) is 35.8 Å². The molecule has 0 amide bonds. The summed E-state index contributed by atoms with van der Waals surface area (Å²) in [7, 11) is 1.29. The predicted octanol–water partition coefficient (Wildman–Crippen LogP) is 3.51. The molecule has 29 heavy (non-hydrogen) atoms. The highest BCUT2D eigenvalue weighted by molar-refractivity contribution is 7.12. The Kier molecular flexibility index (Phi) is 5.74. The van der Waals surface area contributed by atoms with Gasteiger partial charge in [-0.3, -0.25) is 19.5 Å². The number of nitro benzene ring substituents is 1. The Hall–Kier alpha value is -3.53. The third-order valence-corrected chi connectivity index (χ3v) is 5.04. The molecule has 0 N–H and O–H groups in total. The zero-order chi connectivity index (χ0) is 21.1. The van der Waals surface area contributed by atoms with E-state index < -0.39 is 17.5 Å².